The molecule has 0 spiro atoms. The number of carbonyl (C=O) groups is 2. The number of rotatable bonds is 0. The first-order chi connectivity index (χ1) is 11.4. The van der Waals surface area contributed by atoms with Crippen molar-refractivity contribution >= 4 is 23.4 Å². The summed E-state index contributed by atoms with van der Waals surface area (Å²) in [5.74, 6) is -1.93. The summed E-state index contributed by atoms with van der Waals surface area (Å²) in [6.45, 7) is 1.73. The van der Waals surface area contributed by atoms with E-state index in [9.17, 15) is 19.8 Å². The zero-order valence-electron chi connectivity index (χ0n) is 13.3. The number of phenols is 2. The van der Waals surface area contributed by atoms with Crippen LogP contribution in [0.5, 0.6) is 11.5 Å². The van der Waals surface area contributed by atoms with E-state index in [0.717, 1.165) is 12.5 Å². The Hall–Kier alpha value is -2.27. The van der Waals surface area contributed by atoms with Gasteiger partial charge in [-0.05, 0) is 25.8 Å². The molecule has 0 unspecified atom stereocenters. The van der Waals surface area contributed by atoms with Crippen LogP contribution in [-0.2, 0) is 16.0 Å². The first-order valence-corrected chi connectivity index (χ1v) is 8.06. The van der Waals surface area contributed by atoms with Crippen molar-refractivity contribution in [2.45, 2.75) is 38.7 Å². The Morgan fingerprint density at radius 2 is 1.83 bits per heavy atom. The molecule has 0 bridgehead atoms. The minimum Gasteiger partial charge on any atom is -0.507 e. The van der Waals surface area contributed by atoms with Gasteiger partial charge in [-0.25, -0.2) is 4.79 Å². The number of hydrogen-bond acceptors (Lipinski definition) is 5. The van der Waals surface area contributed by atoms with E-state index in [-0.39, 0.29) is 28.4 Å². The Morgan fingerprint density at radius 3 is 2.58 bits per heavy atom. The van der Waals surface area contributed by atoms with Crippen LogP contribution in [0.25, 0.3) is 0 Å². The van der Waals surface area contributed by atoms with Gasteiger partial charge in [-0.1, -0.05) is 29.8 Å². The number of hydrogen-bond donors (Lipinski definition) is 2. The number of halogens is 1. The maximum absolute atomic E-state index is 12.4. The van der Waals surface area contributed by atoms with E-state index in [2.05, 4.69) is 0 Å². The number of cyclic esters (lactones) is 1. The van der Waals surface area contributed by atoms with Crippen molar-refractivity contribution in [1.29, 1.82) is 0 Å². The molecule has 0 fully saturated rings. The molecule has 24 heavy (non-hydrogen) atoms. The number of ether oxygens (including phenoxy) is 1. The minimum atomic E-state index is -0.779. The van der Waals surface area contributed by atoms with Crippen molar-refractivity contribution in [1.82, 2.24) is 0 Å². The van der Waals surface area contributed by atoms with Crippen LogP contribution in [0.2, 0.25) is 5.02 Å². The number of phenolic OH excluding ortho intramolecular Hbond substituents is 2. The lowest BCUT2D eigenvalue weighted by Gasteiger charge is -2.16. The van der Waals surface area contributed by atoms with Gasteiger partial charge >= 0.3 is 5.97 Å². The van der Waals surface area contributed by atoms with Gasteiger partial charge in [0.25, 0.3) is 0 Å². The Balaban J connectivity index is 2.49. The van der Waals surface area contributed by atoms with E-state index in [0.29, 0.717) is 12.8 Å². The Morgan fingerprint density at radius 1 is 1.12 bits per heavy atom. The predicted molar refractivity (Wildman–Crippen MR) is 90.5 cm³/mol. The summed E-state index contributed by atoms with van der Waals surface area (Å²) in [7, 11) is 0. The monoisotopic (exact) mass is 350 g/mol. The fraction of sp³-hybridized carbons (Fsp3) is 0.333. The van der Waals surface area contributed by atoms with Gasteiger partial charge in [-0.15, -0.1) is 0 Å². The second kappa shape index (κ2) is 8.02. The Labute approximate surface area is 145 Å². The van der Waals surface area contributed by atoms with E-state index in [1.165, 1.54) is 6.08 Å². The van der Waals surface area contributed by atoms with E-state index < -0.39 is 23.6 Å². The Bertz CT molecular complexity index is 706. The molecule has 6 heteroatoms. The molecule has 1 heterocycles. The maximum Gasteiger partial charge on any atom is 0.342 e. The molecular formula is C18H19ClO5. The van der Waals surface area contributed by atoms with Crippen molar-refractivity contribution in [3.8, 4) is 11.5 Å². The number of benzene rings is 1. The predicted octanol–water partition coefficient (Wildman–Crippen LogP) is 3.70. The van der Waals surface area contributed by atoms with Gasteiger partial charge in [0.2, 0.25) is 0 Å². The second-order valence-corrected chi connectivity index (χ2v) is 6.01. The lowest BCUT2D eigenvalue weighted by molar-refractivity contribution is -0.114. The topological polar surface area (TPSA) is 83.8 Å². The fourth-order valence-electron chi connectivity index (χ4n) is 2.41. The molecule has 0 saturated heterocycles. The molecule has 2 rings (SSSR count). The van der Waals surface area contributed by atoms with Crippen LogP contribution in [0, 0.1) is 0 Å². The van der Waals surface area contributed by atoms with Crippen LogP contribution in [0.4, 0.5) is 0 Å². The quantitative estimate of drug-likeness (QED) is 0.550. The van der Waals surface area contributed by atoms with E-state index >= 15 is 0 Å². The smallest absolute Gasteiger partial charge is 0.342 e. The summed E-state index contributed by atoms with van der Waals surface area (Å²) >= 11 is 6.05. The SMILES string of the molecule is C[C@H]1CC=CCCC=CC(=O)Cc2c(Cl)c(O)cc(O)c2C(=O)O1. The van der Waals surface area contributed by atoms with Crippen molar-refractivity contribution < 1.29 is 24.5 Å². The zero-order chi connectivity index (χ0) is 17.7. The average molecular weight is 351 g/mol. The number of fused-ring (bicyclic) bond motifs is 1. The summed E-state index contributed by atoms with van der Waals surface area (Å²) in [6, 6.07) is 0.969. The first kappa shape index (κ1) is 18.1. The lowest BCUT2D eigenvalue weighted by atomic mass is 9.99. The first-order valence-electron chi connectivity index (χ1n) is 7.68. The highest BCUT2D eigenvalue weighted by molar-refractivity contribution is 6.33. The Kier molecular flexibility index (Phi) is 6.04. The largest absolute Gasteiger partial charge is 0.507 e. The molecule has 0 aromatic heterocycles. The molecule has 0 saturated carbocycles. The average Bonchev–Trinajstić information content (AvgIpc) is 2.50. The number of esters is 1. The molecule has 0 radical (unpaired) electrons. The van der Waals surface area contributed by atoms with Gasteiger partial charge in [0.1, 0.15) is 23.2 Å². The molecule has 1 aliphatic rings. The molecule has 1 atom stereocenters. The van der Waals surface area contributed by atoms with Crippen LogP contribution in [0.1, 0.15) is 42.1 Å². The summed E-state index contributed by atoms with van der Waals surface area (Å²) < 4.78 is 5.31. The number of aromatic hydroxyl groups is 2. The third kappa shape index (κ3) is 4.38. The molecule has 2 N–H and O–H groups in total. The number of allylic oxidation sites excluding steroid dienone is 3. The van der Waals surface area contributed by atoms with Gasteiger partial charge in [0.15, 0.2) is 5.78 Å². The normalized spacial score (nSPS) is 19.5. The molecule has 1 aromatic rings. The van der Waals surface area contributed by atoms with Gasteiger partial charge in [-0.3, -0.25) is 4.79 Å². The van der Waals surface area contributed by atoms with Gasteiger partial charge in [0, 0.05) is 24.5 Å². The molecule has 128 valence electrons. The highest BCUT2D eigenvalue weighted by Gasteiger charge is 2.25. The molecular weight excluding hydrogens is 332 g/mol. The minimum absolute atomic E-state index is 0.0635. The van der Waals surface area contributed by atoms with E-state index in [1.807, 2.05) is 12.2 Å². The number of ketones is 1. The van der Waals surface area contributed by atoms with Crippen LogP contribution >= 0.6 is 11.6 Å². The summed E-state index contributed by atoms with van der Waals surface area (Å²) in [5.41, 5.74) is -0.124. The summed E-state index contributed by atoms with van der Waals surface area (Å²) in [5, 5.41) is 19.7. The van der Waals surface area contributed by atoms with Crippen LogP contribution < -0.4 is 0 Å². The van der Waals surface area contributed by atoms with Gasteiger partial charge in [-0.2, -0.15) is 0 Å². The second-order valence-electron chi connectivity index (χ2n) is 5.63. The van der Waals surface area contributed by atoms with Crippen molar-refractivity contribution in [2.75, 3.05) is 0 Å². The van der Waals surface area contributed by atoms with E-state index in [4.69, 9.17) is 16.3 Å². The standard InChI is InChI=1S/C18H19ClO5/c1-11-7-5-3-2-4-6-8-12(20)9-13-16(18(23)24-11)14(21)10-15(22)17(13)19/h3,5-6,8,10-11,21-22H,2,4,7,9H2,1H3/t11-/m0/s1. The van der Waals surface area contributed by atoms with Crippen molar-refractivity contribution in [2.24, 2.45) is 0 Å². The highest BCUT2D eigenvalue weighted by atomic mass is 35.5. The van der Waals surface area contributed by atoms with Crippen molar-refractivity contribution in [3.63, 3.8) is 0 Å². The molecule has 0 amide bonds. The van der Waals surface area contributed by atoms with Crippen LogP contribution in [0.15, 0.2) is 30.4 Å². The summed E-state index contributed by atoms with van der Waals surface area (Å²) in [6.07, 6.45) is 8.44. The van der Waals surface area contributed by atoms with Gasteiger partial charge < -0.3 is 14.9 Å². The molecule has 0 aliphatic carbocycles. The fourth-order valence-corrected chi connectivity index (χ4v) is 2.63. The van der Waals surface area contributed by atoms with Crippen molar-refractivity contribution in [3.05, 3.63) is 46.5 Å². The highest BCUT2D eigenvalue weighted by Crippen LogP contribution is 2.37. The van der Waals surface area contributed by atoms with E-state index in [1.54, 1.807) is 13.0 Å². The maximum atomic E-state index is 12.4. The van der Waals surface area contributed by atoms with Crippen LogP contribution in [-0.4, -0.2) is 28.1 Å². The molecule has 1 aliphatic heterocycles. The third-order valence-corrected chi connectivity index (χ3v) is 4.04. The summed E-state index contributed by atoms with van der Waals surface area (Å²) in [4.78, 5) is 24.5. The van der Waals surface area contributed by atoms with Crippen LogP contribution in [0.3, 0.4) is 0 Å². The molecule has 5 nitrogen and oxygen atoms in total. The zero-order valence-corrected chi connectivity index (χ0v) is 14.0. The van der Waals surface area contributed by atoms with Gasteiger partial charge in [0.05, 0.1) is 5.02 Å². The third-order valence-electron chi connectivity index (χ3n) is 3.62. The molecule has 1 aromatic carbocycles. The number of carbonyl (C=O) groups excluding carboxylic acids is 2. The lowest BCUT2D eigenvalue weighted by Crippen LogP contribution is -2.17.